The number of carbonyl (C=O) groups is 1. The molecule has 1 saturated carbocycles. The summed E-state index contributed by atoms with van der Waals surface area (Å²) in [5.74, 6) is -0.113. The molecule has 0 heterocycles. The number of hydrogen-bond acceptors (Lipinski definition) is 6. The van der Waals surface area contributed by atoms with Gasteiger partial charge in [-0.25, -0.2) is 13.1 Å². The van der Waals surface area contributed by atoms with Gasteiger partial charge in [0.1, 0.15) is 5.75 Å². The normalized spacial score (nSPS) is 15.8. The van der Waals surface area contributed by atoms with Crippen LogP contribution in [0.2, 0.25) is 0 Å². The Morgan fingerprint density at radius 2 is 1.68 bits per heavy atom. The van der Waals surface area contributed by atoms with Crippen molar-refractivity contribution in [3.8, 4) is 5.75 Å². The lowest BCUT2D eigenvalue weighted by molar-refractivity contribution is -0.384. The molecule has 166 valence electrons. The Morgan fingerprint density at radius 1 is 1.06 bits per heavy atom. The van der Waals surface area contributed by atoms with Crippen LogP contribution in [-0.2, 0) is 14.8 Å². The molecule has 1 atom stereocenters. The topological polar surface area (TPSA) is 128 Å². The van der Waals surface area contributed by atoms with Crippen molar-refractivity contribution < 1.29 is 22.9 Å². The highest BCUT2D eigenvalue weighted by molar-refractivity contribution is 7.89. The molecular formula is C21H25N3O6S. The molecule has 1 fully saturated rings. The minimum Gasteiger partial charge on any atom is -0.481 e. The van der Waals surface area contributed by atoms with Gasteiger partial charge in [-0.2, -0.15) is 0 Å². The Morgan fingerprint density at radius 3 is 2.26 bits per heavy atom. The Hall–Kier alpha value is -2.98. The molecule has 0 radical (unpaired) electrons. The molecule has 1 aliphatic rings. The largest absolute Gasteiger partial charge is 0.481 e. The fourth-order valence-electron chi connectivity index (χ4n) is 3.37. The summed E-state index contributed by atoms with van der Waals surface area (Å²) < 4.78 is 33.4. The van der Waals surface area contributed by atoms with E-state index in [0.29, 0.717) is 11.4 Å². The van der Waals surface area contributed by atoms with Gasteiger partial charge in [0.25, 0.3) is 11.6 Å². The first-order chi connectivity index (χ1) is 14.7. The van der Waals surface area contributed by atoms with Gasteiger partial charge in [0, 0.05) is 23.9 Å². The number of amides is 1. The number of ether oxygens (including phenoxy) is 1. The molecule has 1 amide bonds. The lowest BCUT2D eigenvalue weighted by atomic mass is 9.96. The highest BCUT2D eigenvalue weighted by Crippen LogP contribution is 2.22. The summed E-state index contributed by atoms with van der Waals surface area (Å²) >= 11 is 0. The van der Waals surface area contributed by atoms with Crippen molar-refractivity contribution >= 4 is 27.3 Å². The van der Waals surface area contributed by atoms with Gasteiger partial charge >= 0.3 is 0 Å². The van der Waals surface area contributed by atoms with Crippen LogP contribution in [0.4, 0.5) is 11.4 Å². The number of nitrogens with one attached hydrogen (secondary N) is 2. The van der Waals surface area contributed by atoms with Crippen molar-refractivity contribution in [1.82, 2.24) is 4.72 Å². The number of hydrogen-bond donors (Lipinski definition) is 2. The SMILES string of the molecule is C[C@H](Oc1ccc([N+](=O)[O-])cc1)C(=O)Nc1ccc(S(=O)(=O)NC2CCCCC2)cc1. The third kappa shape index (κ3) is 6.25. The Labute approximate surface area is 181 Å². The van der Waals surface area contributed by atoms with Crippen molar-refractivity contribution in [2.45, 2.75) is 56.1 Å². The third-order valence-corrected chi connectivity index (χ3v) is 6.63. The van der Waals surface area contributed by atoms with Crippen LogP contribution < -0.4 is 14.8 Å². The summed E-state index contributed by atoms with van der Waals surface area (Å²) in [4.78, 5) is 22.7. The highest BCUT2D eigenvalue weighted by Gasteiger charge is 2.22. The molecule has 10 heteroatoms. The molecule has 0 bridgehead atoms. The minimum atomic E-state index is -3.61. The lowest BCUT2D eigenvalue weighted by Gasteiger charge is -2.22. The first-order valence-electron chi connectivity index (χ1n) is 10.1. The second kappa shape index (κ2) is 9.88. The second-order valence-corrected chi connectivity index (χ2v) is 9.19. The van der Waals surface area contributed by atoms with Gasteiger partial charge in [-0.05, 0) is 56.2 Å². The monoisotopic (exact) mass is 447 g/mol. The standard InChI is InChI=1S/C21H25N3O6S/c1-15(30-19-11-9-18(10-12-19)24(26)27)21(25)22-16-7-13-20(14-8-16)31(28,29)23-17-5-3-2-4-6-17/h7-15,17,23H,2-6H2,1H3,(H,22,25)/t15-/m0/s1. The summed E-state index contributed by atoms with van der Waals surface area (Å²) in [6.07, 6.45) is 4.02. The zero-order valence-electron chi connectivity index (χ0n) is 17.1. The molecule has 0 spiro atoms. The molecular weight excluding hydrogens is 422 g/mol. The fraction of sp³-hybridized carbons (Fsp3) is 0.381. The Kier molecular flexibility index (Phi) is 7.24. The van der Waals surface area contributed by atoms with E-state index in [4.69, 9.17) is 4.74 Å². The summed E-state index contributed by atoms with van der Waals surface area (Å²) in [6, 6.07) is 11.3. The second-order valence-electron chi connectivity index (χ2n) is 7.48. The fourth-order valence-corrected chi connectivity index (χ4v) is 4.68. The summed E-state index contributed by atoms with van der Waals surface area (Å²) in [5.41, 5.74) is 0.359. The molecule has 2 aromatic carbocycles. The molecule has 0 aliphatic heterocycles. The Bertz CT molecular complexity index is 1020. The summed E-state index contributed by atoms with van der Waals surface area (Å²) in [6.45, 7) is 1.55. The zero-order chi connectivity index (χ0) is 22.4. The maximum Gasteiger partial charge on any atom is 0.269 e. The molecule has 0 saturated heterocycles. The van der Waals surface area contributed by atoms with Crippen LogP contribution in [0.3, 0.4) is 0 Å². The minimum absolute atomic E-state index is 0.0319. The van der Waals surface area contributed by atoms with Crippen molar-refractivity contribution in [3.63, 3.8) is 0 Å². The number of carbonyl (C=O) groups excluding carboxylic acids is 1. The van der Waals surface area contributed by atoms with E-state index < -0.39 is 27.0 Å². The third-order valence-electron chi connectivity index (χ3n) is 5.09. The molecule has 0 unspecified atom stereocenters. The molecule has 0 aromatic heterocycles. The summed E-state index contributed by atoms with van der Waals surface area (Å²) in [7, 11) is -3.61. The number of anilines is 1. The number of nitro groups is 1. The highest BCUT2D eigenvalue weighted by atomic mass is 32.2. The van der Waals surface area contributed by atoms with E-state index in [2.05, 4.69) is 10.0 Å². The van der Waals surface area contributed by atoms with Gasteiger partial charge in [0.15, 0.2) is 6.10 Å². The number of sulfonamides is 1. The van der Waals surface area contributed by atoms with Gasteiger partial charge in [-0.15, -0.1) is 0 Å². The van der Waals surface area contributed by atoms with Crippen LogP contribution in [-0.4, -0.2) is 31.4 Å². The van der Waals surface area contributed by atoms with Crippen molar-refractivity contribution in [3.05, 3.63) is 58.6 Å². The van der Waals surface area contributed by atoms with Crippen LogP contribution >= 0.6 is 0 Å². The van der Waals surface area contributed by atoms with E-state index in [0.717, 1.165) is 32.1 Å². The van der Waals surface area contributed by atoms with Crippen molar-refractivity contribution in [1.29, 1.82) is 0 Å². The van der Waals surface area contributed by atoms with Crippen LogP contribution in [0.5, 0.6) is 5.75 Å². The Balaban J connectivity index is 1.56. The maximum absolute atomic E-state index is 12.6. The molecule has 1 aliphatic carbocycles. The van der Waals surface area contributed by atoms with Crippen molar-refractivity contribution in [2.75, 3.05) is 5.32 Å². The van der Waals surface area contributed by atoms with Gasteiger partial charge in [0.2, 0.25) is 10.0 Å². The van der Waals surface area contributed by atoms with Gasteiger partial charge in [0.05, 0.1) is 9.82 Å². The zero-order valence-corrected chi connectivity index (χ0v) is 17.9. The lowest BCUT2D eigenvalue weighted by Crippen LogP contribution is -2.36. The van der Waals surface area contributed by atoms with E-state index in [1.807, 2.05) is 0 Å². The first-order valence-corrected chi connectivity index (χ1v) is 11.6. The van der Waals surface area contributed by atoms with Crippen LogP contribution in [0.15, 0.2) is 53.4 Å². The first kappa shape index (κ1) is 22.7. The van der Waals surface area contributed by atoms with Crippen molar-refractivity contribution in [2.24, 2.45) is 0 Å². The van der Waals surface area contributed by atoms with E-state index in [-0.39, 0.29) is 16.6 Å². The van der Waals surface area contributed by atoms with Gasteiger partial charge in [-0.3, -0.25) is 14.9 Å². The average molecular weight is 448 g/mol. The average Bonchev–Trinajstić information content (AvgIpc) is 2.75. The molecule has 9 nitrogen and oxygen atoms in total. The molecule has 2 aromatic rings. The number of nitrogens with zero attached hydrogens (tertiary/aromatic N) is 1. The number of benzene rings is 2. The predicted octanol–water partition coefficient (Wildman–Crippen LogP) is 3.61. The quantitative estimate of drug-likeness (QED) is 0.470. The van der Waals surface area contributed by atoms with E-state index in [1.165, 1.54) is 48.5 Å². The molecule has 31 heavy (non-hydrogen) atoms. The number of non-ortho nitro benzene ring substituents is 1. The predicted molar refractivity (Wildman–Crippen MR) is 115 cm³/mol. The smallest absolute Gasteiger partial charge is 0.269 e. The van der Waals surface area contributed by atoms with Crippen LogP contribution in [0.1, 0.15) is 39.0 Å². The van der Waals surface area contributed by atoms with Gasteiger partial charge in [-0.1, -0.05) is 19.3 Å². The van der Waals surface area contributed by atoms with Crippen LogP contribution in [0.25, 0.3) is 0 Å². The molecule has 2 N–H and O–H groups in total. The number of rotatable bonds is 8. The molecule has 3 rings (SSSR count). The van der Waals surface area contributed by atoms with E-state index in [1.54, 1.807) is 6.92 Å². The van der Waals surface area contributed by atoms with E-state index in [9.17, 15) is 23.3 Å². The number of nitro benzene ring substituents is 1. The summed E-state index contributed by atoms with van der Waals surface area (Å²) in [5, 5.41) is 13.4. The van der Waals surface area contributed by atoms with Gasteiger partial charge < -0.3 is 10.1 Å². The maximum atomic E-state index is 12.6. The van der Waals surface area contributed by atoms with E-state index >= 15 is 0 Å². The van der Waals surface area contributed by atoms with Crippen LogP contribution in [0, 0.1) is 10.1 Å².